The minimum Gasteiger partial charge on any atom is -0.229 e. The fourth-order valence-corrected chi connectivity index (χ4v) is 3.44. The first kappa shape index (κ1) is 12.5. The van der Waals surface area contributed by atoms with Gasteiger partial charge in [-0.3, -0.25) is 0 Å². The van der Waals surface area contributed by atoms with E-state index in [1.54, 1.807) is 13.8 Å². The molecule has 0 spiro atoms. The smallest absolute Gasteiger partial charge is 0.152 e. The fraction of sp³-hybridized carbons (Fsp3) is 1.00. The van der Waals surface area contributed by atoms with Crippen molar-refractivity contribution < 1.29 is 8.42 Å². The Morgan fingerprint density at radius 1 is 1.29 bits per heavy atom. The van der Waals surface area contributed by atoms with Crippen LogP contribution in [0, 0.1) is 5.41 Å². The van der Waals surface area contributed by atoms with Crippen LogP contribution in [0.3, 0.4) is 0 Å². The Labute approximate surface area is 95.5 Å². The maximum absolute atomic E-state index is 11.6. The number of halogens is 1. The van der Waals surface area contributed by atoms with Crippen molar-refractivity contribution in [1.82, 2.24) is 0 Å². The molecule has 2 nitrogen and oxygen atoms in total. The maximum atomic E-state index is 11.6. The molecule has 0 N–H and O–H groups in total. The molecule has 14 heavy (non-hydrogen) atoms. The van der Waals surface area contributed by atoms with E-state index in [-0.39, 0.29) is 10.7 Å². The van der Waals surface area contributed by atoms with Crippen molar-refractivity contribution in [3.8, 4) is 0 Å². The quantitative estimate of drug-likeness (QED) is 0.727. The fourth-order valence-electron chi connectivity index (χ4n) is 1.59. The number of alkyl halides is 1. The van der Waals surface area contributed by atoms with Gasteiger partial charge >= 0.3 is 0 Å². The van der Waals surface area contributed by atoms with Crippen LogP contribution in [0.5, 0.6) is 0 Å². The van der Waals surface area contributed by atoms with Crippen molar-refractivity contribution in [3.05, 3.63) is 0 Å². The van der Waals surface area contributed by atoms with Crippen LogP contribution in [0.15, 0.2) is 0 Å². The minimum atomic E-state index is -2.85. The number of hydrogen-bond acceptors (Lipinski definition) is 2. The molecular weight excluding hydrogens is 264 g/mol. The first-order chi connectivity index (χ1) is 6.30. The zero-order valence-corrected chi connectivity index (χ0v) is 11.5. The molecule has 0 bridgehead atoms. The lowest BCUT2D eigenvalue weighted by atomic mass is 10.0. The molecule has 1 rings (SSSR count). The predicted molar refractivity (Wildman–Crippen MR) is 63.6 cm³/mol. The second kappa shape index (κ2) is 4.12. The summed E-state index contributed by atoms with van der Waals surface area (Å²) in [5.41, 5.74) is 0.280. The standard InChI is InChI=1S/C10H19BrO2S/c1-8(2)14(12,13)7-6-10(4-5-10)9(3)11/h8-9H,4-7H2,1-3H3. The van der Waals surface area contributed by atoms with Gasteiger partial charge in [0.1, 0.15) is 0 Å². The van der Waals surface area contributed by atoms with Crippen molar-refractivity contribution in [1.29, 1.82) is 0 Å². The van der Waals surface area contributed by atoms with Gasteiger partial charge in [-0.15, -0.1) is 0 Å². The highest BCUT2D eigenvalue weighted by molar-refractivity contribution is 9.09. The Bertz CT molecular complexity index is 289. The van der Waals surface area contributed by atoms with E-state index in [1.807, 2.05) is 0 Å². The third-order valence-electron chi connectivity index (χ3n) is 3.34. The summed E-state index contributed by atoms with van der Waals surface area (Å²) < 4.78 is 23.2. The van der Waals surface area contributed by atoms with E-state index >= 15 is 0 Å². The van der Waals surface area contributed by atoms with Gasteiger partial charge in [0.2, 0.25) is 0 Å². The first-order valence-corrected chi connectivity index (χ1v) is 7.79. The third kappa shape index (κ3) is 2.72. The Morgan fingerprint density at radius 3 is 2.07 bits per heavy atom. The lowest BCUT2D eigenvalue weighted by molar-refractivity contribution is 0.486. The van der Waals surface area contributed by atoms with E-state index in [1.165, 1.54) is 12.8 Å². The maximum Gasteiger partial charge on any atom is 0.152 e. The summed E-state index contributed by atoms with van der Waals surface area (Å²) in [5.74, 6) is 0.348. The van der Waals surface area contributed by atoms with Crippen molar-refractivity contribution in [2.45, 2.75) is 50.1 Å². The Balaban J connectivity index is 2.49. The van der Waals surface area contributed by atoms with Crippen LogP contribution in [0.25, 0.3) is 0 Å². The molecule has 1 fully saturated rings. The first-order valence-electron chi connectivity index (χ1n) is 5.16. The Hall–Kier alpha value is 0.430. The average Bonchev–Trinajstić information content (AvgIpc) is 2.81. The third-order valence-corrected chi connectivity index (χ3v) is 6.52. The van der Waals surface area contributed by atoms with Crippen LogP contribution in [0.1, 0.15) is 40.0 Å². The van der Waals surface area contributed by atoms with Crippen molar-refractivity contribution in [2.24, 2.45) is 5.41 Å². The summed E-state index contributed by atoms with van der Waals surface area (Å²) in [4.78, 5) is 0.442. The molecule has 84 valence electrons. The minimum absolute atomic E-state index is 0.232. The van der Waals surface area contributed by atoms with Crippen molar-refractivity contribution >= 4 is 25.8 Å². The summed E-state index contributed by atoms with van der Waals surface area (Å²) in [5, 5.41) is -0.232. The Kier molecular flexibility index (Phi) is 3.68. The van der Waals surface area contributed by atoms with E-state index in [2.05, 4.69) is 22.9 Å². The topological polar surface area (TPSA) is 34.1 Å². The van der Waals surface area contributed by atoms with E-state index in [0.29, 0.717) is 10.6 Å². The van der Waals surface area contributed by atoms with Gasteiger partial charge in [0.25, 0.3) is 0 Å². The molecule has 1 saturated carbocycles. The molecular formula is C10H19BrO2S. The second-order valence-corrected chi connectivity index (χ2v) is 8.69. The molecule has 4 heteroatoms. The normalized spacial score (nSPS) is 22.4. The van der Waals surface area contributed by atoms with Gasteiger partial charge in [-0.2, -0.15) is 0 Å². The highest BCUT2D eigenvalue weighted by Gasteiger charge is 2.46. The van der Waals surface area contributed by atoms with Gasteiger partial charge in [-0.25, -0.2) is 8.42 Å². The van der Waals surface area contributed by atoms with E-state index in [9.17, 15) is 8.42 Å². The summed E-state index contributed by atoms with van der Waals surface area (Å²) in [7, 11) is -2.85. The van der Waals surface area contributed by atoms with E-state index in [0.717, 1.165) is 6.42 Å². The molecule has 0 heterocycles. The average molecular weight is 283 g/mol. The molecule has 1 atom stereocenters. The molecule has 0 aliphatic heterocycles. The van der Waals surface area contributed by atoms with Gasteiger partial charge in [0.15, 0.2) is 9.84 Å². The van der Waals surface area contributed by atoms with Crippen LogP contribution < -0.4 is 0 Å². The number of hydrogen-bond donors (Lipinski definition) is 0. The summed E-state index contributed by atoms with van der Waals surface area (Å²) >= 11 is 3.57. The van der Waals surface area contributed by atoms with Crippen LogP contribution in [0.2, 0.25) is 0 Å². The van der Waals surface area contributed by atoms with Gasteiger partial charge in [0.05, 0.1) is 11.0 Å². The SMILES string of the molecule is CC(Br)C1(CCS(=O)(=O)C(C)C)CC1. The molecule has 0 aromatic carbocycles. The Morgan fingerprint density at radius 2 is 1.79 bits per heavy atom. The molecule has 0 saturated heterocycles. The summed E-state index contributed by atoms with van der Waals surface area (Å²) in [6.45, 7) is 5.63. The van der Waals surface area contributed by atoms with Gasteiger partial charge in [0, 0.05) is 4.83 Å². The summed E-state index contributed by atoms with van der Waals surface area (Å²) in [6.07, 6.45) is 3.17. The zero-order chi connectivity index (χ0) is 11.0. The van der Waals surface area contributed by atoms with Crippen molar-refractivity contribution in [2.75, 3.05) is 5.75 Å². The lowest BCUT2D eigenvalue weighted by Gasteiger charge is -2.18. The summed E-state index contributed by atoms with van der Waals surface area (Å²) in [6, 6.07) is 0. The highest BCUT2D eigenvalue weighted by atomic mass is 79.9. The van der Waals surface area contributed by atoms with E-state index in [4.69, 9.17) is 0 Å². The molecule has 1 aliphatic carbocycles. The van der Waals surface area contributed by atoms with Crippen LogP contribution >= 0.6 is 15.9 Å². The number of sulfone groups is 1. The van der Waals surface area contributed by atoms with Crippen molar-refractivity contribution in [3.63, 3.8) is 0 Å². The number of rotatable bonds is 5. The lowest BCUT2D eigenvalue weighted by Crippen LogP contribution is -2.22. The van der Waals surface area contributed by atoms with Crippen LogP contribution in [-0.4, -0.2) is 24.2 Å². The van der Waals surface area contributed by atoms with E-state index < -0.39 is 9.84 Å². The molecule has 0 aromatic rings. The van der Waals surface area contributed by atoms with Gasteiger partial charge in [-0.05, 0) is 38.5 Å². The van der Waals surface area contributed by atoms with Crippen LogP contribution in [0.4, 0.5) is 0 Å². The largest absolute Gasteiger partial charge is 0.229 e. The highest BCUT2D eigenvalue weighted by Crippen LogP contribution is 2.54. The molecule has 0 radical (unpaired) electrons. The molecule has 1 aliphatic rings. The molecule has 1 unspecified atom stereocenters. The molecule has 0 aromatic heterocycles. The zero-order valence-electron chi connectivity index (χ0n) is 9.09. The van der Waals surface area contributed by atoms with Gasteiger partial charge < -0.3 is 0 Å². The second-order valence-electron chi connectivity index (χ2n) is 4.64. The monoisotopic (exact) mass is 282 g/mol. The molecule has 0 amide bonds. The van der Waals surface area contributed by atoms with Crippen LogP contribution in [-0.2, 0) is 9.84 Å². The predicted octanol–water partition coefficient (Wildman–Crippen LogP) is 2.76. The van der Waals surface area contributed by atoms with Gasteiger partial charge in [-0.1, -0.05) is 22.9 Å².